The first-order valence-electron chi connectivity index (χ1n) is 6.12. The quantitative estimate of drug-likeness (QED) is 0.463. The van der Waals surface area contributed by atoms with Crippen LogP contribution in [0.15, 0.2) is 42.5 Å². The SMILES string of the molecule is Cc1cccc(COc2cc(CBr)ccc2[N+](=O)[O-])c1. The molecule has 0 amide bonds. The van der Waals surface area contributed by atoms with Crippen LogP contribution in [0.2, 0.25) is 0 Å². The van der Waals surface area contributed by atoms with Gasteiger partial charge in [-0.1, -0.05) is 51.8 Å². The van der Waals surface area contributed by atoms with E-state index >= 15 is 0 Å². The van der Waals surface area contributed by atoms with E-state index in [2.05, 4.69) is 15.9 Å². The fraction of sp³-hybridized carbons (Fsp3) is 0.200. The van der Waals surface area contributed by atoms with Crippen LogP contribution in [0.5, 0.6) is 5.75 Å². The average molecular weight is 336 g/mol. The van der Waals surface area contributed by atoms with Crippen molar-refractivity contribution in [3.05, 3.63) is 69.3 Å². The molecule has 2 aromatic carbocycles. The van der Waals surface area contributed by atoms with E-state index in [1.165, 1.54) is 6.07 Å². The van der Waals surface area contributed by atoms with Crippen LogP contribution < -0.4 is 4.74 Å². The third-order valence-electron chi connectivity index (χ3n) is 2.85. The molecule has 2 aromatic rings. The summed E-state index contributed by atoms with van der Waals surface area (Å²) in [4.78, 5) is 10.6. The Morgan fingerprint density at radius 2 is 2.00 bits per heavy atom. The Labute approximate surface area is 125 Å². The zero-order chi connectivity index (χ0) is 14.5. The number of nitro benzene ring substituents is 1. The molecule has 4 nitrogen and oxygen atoms in total. The number of benzene rings is 2. The second kappa shape index (κ2) is 6.52. The number of alkyl halides is 1. The fourth-order valence-corrected chi connectivity index (χ4v) is 2.22. The van der Waals surface area contributed by atoms with E-state index in [4.69, 9.17) is 4.74 Å². The highest BCUT2D eigenvalue weighted by molar-refractivity contribution is 9.08. The summed E-state index contributed by atoms with van der Waals surface area (Å²) in [5.41, 5.74) is 3.05. The molecule has 0 aliphatic heterocycles. The van der Waals surface area contributed by atoms with Crippen molar-refractivity contribution >= 4 is 21.6 Å². The van der Waals surface area contributed by atoms with Crippen molar-refractivity contribution in [1.82, 2.24) is 0 Å². The highest BCUT2D eigenvalue weighted by Gasteiger charge is 2.15. The largest absolute Gasteiger partial charge is 0.482 e. The van der Waals surface area contributed by atoms with Crippen LogP contribution in [0.4, 0.5) is 5.69 Å². The van der Waals surface area contributed by atoms with E-state index in [0.717, 1.165) is 16.7 Å². The summed E-state index contributed by atoms with van der Waals surface area (Å²) < 4.78 is 5.62. The van der Waals surface area contributed by atoms with E-state index in [1.807, 2.05) is 31.2 Å². The second-order valence-corrected chi connectivity index (χ2v) is 5.03. The van der Waals surface area contributed by atoms with Gasteiger partial charge in [0, 0.05) is 11.4 Å². The normalized spacial score (nSPS) is 10.3. The van der Waals surface area contributed by atoms with Gasteiger partial charge in [0.1, 0.15) is 6.61 Å². The minimum atomic E-state index is -0.427. The van der Waals surface area contributed by atoms with Gasteiger partial charge in [-0.2, -0.15) is 0 Å². The molecule has 0 aromatic heterocycles. The van der Waals surface area contributed by atoms with Crippen LogP contribution in [-0.2, 0) is 11.9 Å². The number of halogens is 1. The third-order valence-corrected chi connectivity index (χ3v) is 3.50. The first kappa shape index (κ1) is 14.5. The number of aryl methyl sites for hydroxylation is 1. The number of nitro groups is 1. The Balaban J connectivity index is 2.21. The summed E-state index contributed by atoms with van der Waals surface area (Å²) in [6.07, 6.45) is 0. The first-order valence-corrected chi connectivity index (χ1v) is 7.24. The van der Waals surface area contributed by atoms with E-state index in [1.54, 1.807) is 12.1 Å². The molecule has 0 fully saturated rings. The van der Waals surface area contributed by atoms with Crippen LogP contribution in [0, 0.1) is 17.0 Å². The van der Waals surface area contributed by atoms with E-state index < -0.39 is 4.92 Å². The van der Waals surface area contributed by atoms with Crippen LogP contribution >= 0.6 is 15.9 Å². The third kappa shape index (κ3) is 3.57. The molecule has 0 unspecified atom stereocenters. The van der Waals surface area contributed by atoms with Gasteiger partial charge in [-0.15, -0.1) is 0 Å². The van der Waals surface area contributed by atoms with Gasteiger partial charge in [-0.3, -0.25) is 10.1 Å². The van der Waals surface area contributed by atoms with Gasteiger partial charge in [0.05, 0.1) is 4.92 Å². The van der Waals surface area contributed by atoms with Gasteiger partial charge in [0.25, 0.3) is 0 Å². The maximum Gasteiger partial charge on any atom is 0.310 e. The van der Waals surface area contributed by atoms with Gasteiger partial charge in [0.2, 0.25) is 0 Å². The van der Waals surface area contributed by atoms with E-state index in [-0.39, 0.29) is 5.69 Å². The molecule has 5 heteroatoms. The molecule has 0 bridgehead atoms. The molecule has 0 aliphatic rings. The van der Waals surface area contributed by atoms with Crippen molar-refractivity contribution in [2.45, 2.75) is 18.9 Å². The first-order chi connectivity index (χ1) is 9.60. The highest BCUT2D eigenvalue weighted by atomic mass is 79.9. The summed E-state index contributed by atoms with van der Waals surface area (Å²) in [5.74, 6) is 0.299. The zero-order valence-electron chi connectivity index (χ0n) is 11.0. The summed E-state index contributed by atoms with van der Waals surface area (Å²) in [7, 11) is 0. The van der Waals surface area contributed by atoms with Gasteiger partial charge >= 0.3 is 5.69 Å². The lowest BCUT2D eigenvalue weighted by Gasteiger charge is -2.08. The number of rotatable bonds is 5. The van der Waals surface area contributed by atoms with Gasteiger partial charge in [-0.25, -0.2) is 0 Å². The van der Waals surface area contributed by atoms with Crippen LogP contribution in [0.25, 0.3) is 0 Å². The zero-order valence-corrected chi connectivity index (χ0v) is 12.6. The Bertz CT molecular complexity index is 628. The molecular weight excluding hydrogens is 322 g/mol. The number of nitrogens with zero attached hydrogens (tertiary/aromatic N) is 1. The van der Waals surface area contributed by atoms with Gasteiger partial charge < -0.3 is 4.74 Å². The second-order valence-electron chi connectivity index (χ2n) is 4.47. The predicted octanol–water partition coefficient (Wildman–Crippen LogP) is 4.38. The highest BCUT2D eigenvalue weighted by Crippen LogP contribution is 2.29. The molecule has 2 rings (SSSR count). The topological polar surface area (TPSA) is 52.4 Å². The standard InChI is InChI=1S/C15H14BrNO3/c1-11-3-2-4-13(7-11)10-20-15-8-12(9-16)5-6-14(15)17(18)19/h2-8H,9-10H2,1H3. The molecule has 0 N–H and O–H groups in total. The van der Waals surface area contributed by atoms with Crippen molar-refractivity contribution in [2.24, 2.45) is 0 Å². The van der Waals surface area contributed by atoms with Crippen molar-refractivity contribution in [1.29, 1.82) is 0 Å². The monoisotopic (exact) mass is 335 g/mol. The Kier molecular flexibility index (Phi) is 4.74. The summed E-state index contributed by atoms with van der Waals surface area (Å²) in [6, 6.07) is 12.8. The minimum Gasteiger partial charge on any atom is -0.482 e. The predicted molar refractivity (Wildman–Crippen MR) is 81.2 cm³/mol. The molecule has 0 saturated carbocycles. The molecule has 0 radical (unpaired) electrons. The Hall–Kier alpha value is -1.88. The molecule has 0 aliphatic carbocycles. The van der Waals surface area contributed by atoms with Gasteiger partial charge in [-0.05, 0) is 24.1 Å². The lowest BCUT2D eigenvalue weighted by atomic mass is 10.1. The number of hydrogen-bond acceptors (Lipinski definition) is 3. The number of ether oxygens (including phenoxy) is 1. The molecule has 0 atom stereocenters. The lowest BCUT2D eigenvalue weighted by Crippen LogP contribution is -2.00. The smallest absolute Gasteiger partial charge is 0.310 e. The molecular formula is C15H14BrNO3. The Morgan fingerprint density at radius 1 is 1.20 bits per heavy atom. The van der Waals surface area contributed by atoms with Crippen molar-refractivity contribution in [2.75, 3.05) is 0 Å². The van der Waals surface area contributed by atoms with Crippen molar-refractivity contribution in [3.8, 4) is 5.75 Å². The van der Waals surface area contributed by atoms with Crippen LogP contribution in [0.1, 0.15) is 16.7 Å². The molecule has 0 saturated heterocycles. The lowest BCUT2D eigenvalue weighted by molar-refractivity contribution is -0.386. The summed E-state index contributed by atoms with van der Waals surface area (Å²) >= 11 is 3.33. The van der Waals surface area contributed by atoms with Crippen LogP contribution in [-0.4, -0.2) is 4.92 Å². The molecule has 20 heavy (non-hydrogen) atoms. The number of hydrogen-bond donors (Lipinski definition) is 0. The van der Waals surface area contributed by atoms with Crippen LogP contribution in [0.3, 0.4) is 0 Å². The van der Waals surface area contributed by atoms with Crippen molar-refractivity contribution < 1.29 is 9.66 Å². The Morgan fingerprint density at radius 3 is 2.65 bits per heavy atom. The molecule has 104 valence electrons. The van der Waals surface area contributed by atoms with E-state index in [0.29, 0.717) is 17.7 Å². The maximum absolute atomic E-state index is 11.0. The minimum absolute atomic E-state index is 0.0117. The summed E-state index contributed by atoms with van der Waals surface area (Å²) in [6.45, 7) is 2.31. The van der Waals surface area contributed by atoms with E-state index in [9.17, 15) is 10.1 Å². The fourth-order valence-electron chi connectivity index (χ4n) is 1.87. The molecule has 0 spiro atoms. The summed E-state index contributed by atoms with van der Waals surface area (Å²) in [5, 5.41) is 11.6. The molecule has 0 heterocycles. The average Bonchev–Trinajstić information content (AvgIpc) is 2.44. The van der Waals surface area contributed by atoms with Crippen molar-refractivity contribution in [3.63, 3.8) is 0 Å². The maximum atomic E-state index is 11.0. The van der Waals surface area contributed by atoms with Gasteiger partial charge in [0.15, 0.2) is 5.75 Å².